The molecule has 8 nitrogen and oxygen atoms in total. The Morgan fingerprint density at radius 3 is 3.17 bits per heavy atom. The van der Waals surface area contributed by atoms with Crippen molar-refractivity contribution >= 4 is 17.2 Å². The maximum Gasteiger partial charge on any atom is 0.275 e. The second-order valence-corrected chi connectivity index (χ2v) is 6.61. The lowest BCUT2D eigenvalue weighted by Gasteiger charge is -2.19. The van der Waals surface area contributed by atoms with Crippen LogP contribution in [0.4, 0.5) is 0 Å². The van der Waals surface area contributed by atoms with Gasteiger partial charge in [0, 0.05) is 31.1 Å². The van der Waals surface area contributed by atoms with Crippen LogP contribution in [0.2, 0.25) is 0 Å². The predicted octanol–water partition coefficient (Wildman–Crippen LogP) is -0.0219. The van der Waals surface area contributed by atoms with Crippen LogP contribution in [0, 0.1) is 0 Å². The molecule has 2 aromatic rings. The van der Waals surface area contributed by atoms with Gasteiger partial charge < -0.3 is 10.6 Å². The fourth-order valence-electron chi connectivity index (χ4n) is 2.66. The van der Waals surface area contributed by atoms with Crippen molar-refractivity contribution < 1.29 is 4.79 Å². The zero-order chi connectivity index (χ0) is 16.2. The standard InChI is InChI=1S/C14H21N7OS/c1-20(14(22)12-9-21(5-4-15)19-18-12)8-10-7-11(17-16-10)13-3-2-6-23-13/h2-3,6,9-11,16-17H,4-5,7-8,15H2,1H3. The maximum atomic E-state index is 12.4. The number of aromatic nitrogens is 3. The Labute approximate surface area is 138 Å². The predicted molar refractivity (Wildman–Crippen MR) is 87.8 cm³/mol. The number of rotatable bonds is 6. The Morgan fingerprint density at radius 1 is 1.57 bits per heavy atom. The average Bonchev–Trinajstić information content (AvgIpc) is 3.27. The highest BCUT2D eigenvalue weighted by molar-refractivity contribution is 7.10. The molecule has 0 spiro atoms. The molecule has 2 atom stereocenters. The number of nitrogens with two attached hydrogens (primary N) is 1. The fraction of sp³-hybridized carbons (Fsp3) is 0.500. The topological polar surface area (TPSA) is 101 Å². The normalized spacial score (nSPS) is 20.8. The second-order valence-electron chi connectivity index (χ2n) is 5.63. The molecule has 1 saturated heterocycles. The third kappa shape index (κ3) is 3.75. The summed E-state index contributed by atoms with van der Waals surface area (Å²) in [5, 5.41) is 9.89. The summed E-state index contributed by atoms with van der Waals surface area (Å²) in [7, 11) is 1.78. The van der Waals surface area contributed by atoms with E-state index in [4.69, 9.17) is 5.73 Å². The highest BCUT2D eigenvalue weighted by Crippen LogP contribution is 2.26. The van der Waals surface area contributed by atoms with E-state index in [1.807, 2.05) is 0 Å². The van der Waals surface area contributed by atoms with Crippen LogP contribution in [-0.2, 0) is 6.54 Å². The molecule has 2 unspecified atom stereocenters. The summed E-state index contributed by atoms with van der Waals surface area (Å²) >= 11 is 1.74. The van der Waals surface area contributed by atoms with E-state index in [-0.39, 0.29) is 11.9 Å². The van der Waals surface area contributed by atoms with Crippen molar-refractivity contribution in [3.05, 3.63) is 34.3 Å². The molecule has 1 aliphatic rings. The van der Waals surface area contributed by atoms with Crippen LogP contribution in [-0.4, -0.2) is 52.0 Å². The minimum absolute atomic E-state index is 0.130. The van der Waals surface area contributed by atoms with Gasteiger partial charge in [0.05, 0.1) is 18.8 Å². The van der Waals surface area contributed by atoms with Crippen LogP contribution in [0.15, 0.2) is 23.7 Å². The first-order valence-electron chi connectivity index (χ1n) is 7.57. The average molecular weight is 335 g/mol. The Morgan fingerprint density at radius 2 is 2.43 bits per heavy atom. The molecule has 1 aliphatic heterocycles. The highest BCUT2D eigenvalue weighted by Gasteiger charge is 2.28. The number of amides is 1. The van der Waals surface area contributed by atoms with Gasteiger partial charge >= 0.3 is 0 Å². The van der Waals surface area contributed by atoms with Crippen LogP contribution < -0.4 is 16.6 Å². The first kappa shape index (κ1) is 16.1. The first-order chi connectivity index (χ1) is 11.2. The monoisotopic (exact) mass is 335 g/mol. The van der Waals surface area contributed by atoms with Crippen molar-refractivity contribution in [2.45, 2.75) is 25.0 Å². The molecule has 1 amide bonds. The maximum absolute atomic E-state index is 12.4. The molecule has 4 N–H and O–H groups in total. The first-order valence-corrected chi connectivity index (χ1v) is 8.45. The molecular weight excluding hydrogens is 314 g/mol. The van der Waals surface area contributed by atoms with Gasteiger partial charge in [0.25, 0.3) is 5.91 Å². The third-order valence-corrected chi connectivity index (χ3v) is 4.81. The number of hydrogen-bond acceptors (Lipinski definition) is 7. The van der Waals surface area contributed by atoms with Gasteiger partial charge in [0.15, 0.2) is 5.69 Å². The van der Waals surface area contributed by atoms with Gasteiger partial charge in [0.1, 0.15) is 0 Å². The lowest BCUT2D eigenvalue weighted by Crippen LogP contribution is -2.41. The highest BCUT2D eigenvalue weighted by atomic mass is 32.1. The van der Waals surface area contributed by atoms with Crippen LogP contribution in [0.3, 0.4) is 0 Å². The third-order valence-electron chi connectivity index (χ3n) is 3.83. The van der Waals surface area contributed by atoms with Crippen molar-refractivity contribution in [2.24, 2.45) is 5.73 Å². The van der Waals surface area contributed by atoms with Crippen molar-refractivity contribution in [2.75, 3.05) is 20.1 Å². The fourth-order valence-corrected chi connectivity index (χ4v) is 3.46. The van der Waals surface area contributed by atoms with Crippen LogP contribution in [0.25, 0.3) is 0 Å². The quantitative estimate of drug-likeness (QED) is 0.686. The van der Waals surface area contributed by atoms with Gasteiger partial charge in [-0.3, -0.25) is 14.9 Å². The minimum atomic E-state index is -0.130. The molecule has 0 saturated carbocycles. The Balaban J connectivity index is 1.54. The van der Waals surface area contributed by atoms with Crippen molar-refractivity contribution in [1.82, 2.24) is 30.7 Å². The summed E-state index contributed by atoms with van der Waals surface area (Å²) in [4.78, 5) is 15.4. The van der Waals surface area contributed by atoms with E-state index in [1.165, 1.54) is 4.88 Å². The van der Waals surface area contributed by atoms with Gasteiger partial charge in [-0.25, -0.2) is 5.43 Å². The van der Waals surface area contributed by atoms with Gasteiger partial charge in [-0.05, 0) is 17.9 Å². The Kier molecular flexibility index (Phi) is 5.01. The second kappa shape index (κ2) is 7.18. The Bertz CT molecular complexity index is 641. The molecule has 0 aliphatic carbocycles. The lowest BCUT2D eigenvalue weighted by atomic mass is 10.1. The molecule has 0 radical (unpaired) electrons. The number of carbonyl (C=O) groups excluding carboxylic acids is 1. The minimum Gasteiger partial charge on any atom is -0.339 e. The molecule has 124 valence electrons. The number of likely N-dealkylation sites (N-methyl/N-ethyl adjacent to an activating group) is 1. The van der Waals surface area contributed by atoms with E-state index in [0.717, 1.165) is 6.42 Å². The Hall–Kier alpha value is -1.81. The molecule has 2 aromatic heterocycles. The zero-order valence-corrected chi connectivity index (χ0v) is 13.8. The van der Waals surface area contributed by atoms with Crippen molar-refractivity contribution in [1.29, 1.82) is 0 Å². The smallest absolute Gasteiger partial charge is 0.275 e. The number of thiophene rings is 1. The summed E-state index contributed by atoms with van der Waals surface area (Å²) in [6.45, 7) is 1.63. The van der Waals surface area contributed by atoms with Crippen LogP contribution >= 0.6 is 11.3 Å². The molecule has 1 fully saturated rings. The summed E-state index contributed by atoms with van der Waals surface area (Å²) in [5.41, 5.74) is 12.4. The molecule has 0 aromatic carbocycles. The molecular formula is C14H21N7OS. The van der Waals surface area contributed by atoms with Gasteiger partial charge in [-0.1, -0.05) is 11.3 Å². The van der Waals surface area contributed by atoms with Crippen molar-refractivity contribution in [3.8, 4) is 0 Å². The summed E-state index contributed by atoms with van der Waals surface area (Å²) in [6.07, 6.45) is 2.58. The van der Waals surface area contributed by atoms with E-state index < -0.39 is 0 Å². The summed E-state index contributed by atoms with van der Waals surface area (Å²) in [6, 6.07) is 4.68. The summed E-state index contributed by atoms with van der Waals surface area (Å²) in [5.74, 6) is -0.130. The van der Waals surface area contributed by atoms with Gasteiger partial charge in [0.2, 0.25) is 0 Å². The van der Waals surface area contributed by atoms with E-state index in [1.54, 1.807) is 34.2 Å². The van der Waals surface area contributed by atoms with E-state index in [9.17, 15) is 4.79 Å². The van der Waals surface area contributed by atoms with Crippen LogP contribution in [0.1, 0.15) is 27.8 Å². The van der Waals surface area contributed by atoms with E-state index in [0.29, 0.717) is 31.4 Å². The number of nitrogens with one attached hydrogen (secondary N) is 2. The van der Waals surface area contributed by atoms with E-state index in [2.05, 4.69) is 38.7 Å². The summed E-state index contributed by atoms with van der Waals surface area (Å²) < 4.78 is 1.59. The van der Waals surface area contributed by atoms with Crippen molar-refractivity contribution in [3.63, 3.8) is 0 Å². The van der Waals surface area contributed by atoms with E-state index >= 15 is 0 Å². The molecule has 3 rings (SSSR count). The zero-order valence-electron chi connectivity index (χ0n) is 13.0. The van der Waals surface area contributed by atoms with Crippen LogP contribution in [0.5, 0.6) is 0 Å². The molecule has 3 heterocycles. The number of hydrogen-bond donors (Lipinski definition) is 3. The molecule has 0 bridgehead atoms. The van der Waals surface area contributed by atoms with Gasteiger partial charge in [-0.2, -0.15) is 0 Å². The number of carbonyl (C=O) groups is 1. The molecule has 9 heteroatoms. The SMILES string of the molecule is CN(CC1CC(c2cccs2)NN1)C(=O)c1cn(CCN)nn1. The number of nitrogens with zero attached hydrogens (tertiary/aromatic N) is 4. The lowest BCUT2D eigenvalue weighted by molar-refractivity contribution is 0.0777. The number of hydrazine groups is 1. The molecule has 23 heavy (non-hydrogen) atoms. The largest absolute Gasteiger partial charge is 0.339 e. The van der Waals surface area contributed by atoms with Gasteiger partial charge in [-0.15, -0.1) is 16.4 Å².